The van der Waals surface area contributed by atoms with Crippen LogP contribution in [0.3, 0.4) is 0 Å². The second kappa shape index (κ2) is 13.8. The third-order valence-electron chi connectivity index (χ3n) is 4.88. The Morgan fingerprint density at radius 2 is 1.43 bits per heavy atom. The molecule has 0 aromatic heterocycles. The quantitative estimate of drug-likeness (QED) is 0.319. The highest BCUT2D eigenvalue weighted by atomic mass is 16.5. The highest BCUT2D eigenvalue weighted by Gasteiger charge is 2.22. The zero-order valence-electron chi connectivity index (χ0n) is 15.7. The van der Waals surface area contributed by atoms with Crippen molar-refractivity contribution in [2.24, 2.45) is 0 Å². The molecule has 1 fully saturated rings. The zero-order chi connectivity index (χ0) is 16.8. The summed E-state index contributed by atoms with van der Waals surface area (Å²) >= 11 is 0. The Labute approximate surface area is 144 Å². The average Bonchev–Trinajstić information content (AvgIpc) is 2.93. The van der Waals surface area contributed by atoms with E-state index in [0.717, 1.165) is 25.9 Å². The van der Waals surface area contributed by atoms with Gasteiger partial charge in [0.05, 0.1) is 0 Å². The third kappa shape index (κ3) is 11.6. The maximum atomic E-state index is 11.7. The summed E-state index contributed by atoms with van der Waals surface area (Å²) in [5, 5.41) is 0. The van der Waals surface area contributed by atoms with E-state index >= 15 is 0 Å². The number of nitrogens with zero attached hydrogens (tertiary/aromatic N) is 1. The first-order valence-electron chi connectivity index (χ1n) is 10.1. The van der Waals surface area contributed by atoms with Gasteiger partial charge in [-0.1, -0.05) is 77.6 Å². The van der Waals surface area contributed by atoms with Crippen molar-refractivity contribution in [1.82, 2.24) is 4.90 Å². The maximum Gasteiger partial charge on any atom is 0.306 e. The minimum atomic E-state index is 0.0115. The van der Waals surface area contributed by atoms with Crippen LogP contribution in [0.4, 0.5) is 0 Å². The minimum absolute atomic E-state index is 0.0115. The Kier molecular flexibility index (Phi) is 12.3. The number of hydrogen-bond acceptors (Lipinski definition) is 3. The van der Waals surface area contributed by atoms with E-state index < -0.39 is 0 Å². The summed E-state index contributed by atoms with van der Waals surface area (Å²) in [4.78, 5) is 14.0. The van der Waals surface area contributed by atoms with Crippen LogP contribution >= 0.6 is 0 Å². The zero-order valence-corrected chi connectivity index (χ0v) is 15.7. The lowest BCUT2D eigenvalue weighted by Crippen LogP contribution is -2.22. The summed E-state index contributed by atoms with van der Waals surface area (Å²) < 4.78 is 5.50. The summed E-state index contributed by atoms with van der Waals surface area (Å²) in [6, 6.07) is 0. The first-order valence-corrected chi connectivity index (χ1v) is 10.1. The van der Waals surface area contributed by atoms with Gasteiger partial charge in [-0.3, -0.25) is 4.79 Å². The van der Waals surface area contributed by atoms with Crippen LogP contribution in [0.1, 0.15) is 96.8 Å². The van der Waals surface area contributed by atoms with Crippen LogP contribution in [-0.2, 0) is 9.53 Å². The van der Waals surface area contributed by atoms with Crippen LogP contribution in [0, 0.1) is 0 Å². The molecule has 1 atom stereocenters. The van der Waals surface area contributed by atoms with Crippen molar-refractivity contribution in [3.8, 4) is 0 Å². The predicted octanol–water partition coefficient (Wildman–Crippen LogP) is 5.32. The summed E-state index contributed by atoms with van der Waals surface area (Å²) in [5.41, 5.74) is 0. The molecule has 0 radical (unpaired) electrons. The molecule has 1 saturated heterocycles. The fourth-order valence-electron chi connectivity index (χ4n) is 3.35. The molecule has 0 aromatic carbocycles. The van der Waals surface area contributed by atoms with E-state index in [1.54, 1.807) is 0 Å². The van der Waals surface area contributed by atoms with Gasteiger partial charge in [-0.15, -0.1) is 0 Å². The maximum absolute atomic E-state index is 11.7. The molecule has 1 aliphatic rings. The monoisotopic (exact) mass is 325 g/mol. The lowest BCUT2D eigenvalue weighted by atomic mass is 10.0. The first kappa shape index (κ1) is 20.5. The van der Waals surface area contributed by atoms with Gasteiger partial charge in [0.1, 0.15) is 6.10 Å². The van der Waals surface area contributed by atoms with Gasteiger partial charge >= 0.3 is 5.97 Å². The molecule has 1 unspecified atom stereocenters. The number of hydrogen-bond donors (Lipinski definition) is 0. The number of unbranched alkanes of at least 4 members (excludes halogenated alkanes) is 11. The second-order valence-electron chi connectivity index (χ2n) is 7.30. The molecule has 0 saturated carbocycles. The van der Waals surface area contributed by atoms with Gasteiger partial charge in [0.25, 0.3) is 0 Å². The van der Waals surface area contributed by atoms with Gasteiger partial charge < -0.3 is 9.64 Å². The van der Waals surface area contributed by atoms with Crippen LogP contribution in [0.5, 0.6) is 0 Å². The van der Waals surface area contributed by atoms with Crippen molar-refractivity contribution in [1.29, 1.82) is 0 Å². The largest absolute Gasteiger partial charge is 0.461 e. The Morgan fingerprint density at radius 1 is 0.913 bits per heavy atom. The number of likely N-dealkylation sites (tertiary alicyclic amines) is 1. The van der Waals surface area contributed by atoms with Crippen molar-refractivity contribution in [2.45, 2.75) is 103 Å². The Bertz CT molecular complexity index is 293. The van der Waals surface area contributed by atoms with Crippen LogP contribution in [0.25, 0.3) is 0 Å². The normalized spacial score (nSPS) is 18.4. The number of ether oxygens (including phenoxy) is 1. The number of rotatable bonds is 14. The molecule has 1 heterocycles. The Hall–Kier alpha value is -0.570. The van der Waals surface area contributed by atoms with Crippen molar-refractivity contribution >= 4 is 5.97 Å². The molecule has 136 valence electrons. The molecule has 3 nitrogen and oxygen atoms in total. The lowest BCUT2D eigenvalue weighted by Gasteiger charge is -2.12. The van der Waals surface area contributed by atoms with Gasteiger partial charge in [0.15, 0.2) is 0 Å². The van der Waals surface area contributed by atoms with Crippen LogP contribution in [0.15, 0.2) is 0 Å². The fraction of sp³-hybridized carbons (Fsp3) is 0.950. The summed E-state index contributed by atoms with van der Waals surface area (Å²) in [5.74, 6) is 0.0115. The van der Waals surface area contributed by atoms with Gasteiger partial charge in [0.2, 0.25) is 0 Å². The smallest absolute Gasteiger partial charge is 0.306 e. The lowest BCUT2D eigenvalue weighted by molar-refractivity contribution is -0.148. The highest BCUT2D eigenvalue weighted by molar-refractivity contribution is 5.69. The molecular formula is C20H39NO2. The van der Waals surface area contributed by atoms with Gasteiger partial charge in [-0.2, -0.15) is 0 Å². The number of likely N-dealkylation sites (N-methyl/N-ethyl adjacent to an activating group) is 1. The summed E-state index contributed by atoms with van der Waals surface area (Å²) in [6.45, 7) is 4.23. The van der Waals surface area contributed by atoms with Gasteiger partial charge in [0, 0.05) is 19.5 Å². The second-order valence-corrected chi connectivity index (χ2v) is 7.30. The summed E-state index contributed by atoms with van der Waals surface area (Å²) in [7, 11) is 2.08. The van der Waals surface area contributed by atoms with Crippen LogP contribution in [0.2, 0.25) is 0 Å². The third-order valence-corrected chi connectivity index (χ3v) is 4.88. The van der Waals surface area contributed by atoms with E-state index in [1.807, 2.05) is 0 Å². The van der Waals surface area contributed by atoms with Crippen LogP contribution < -0.4 is 0 Å². The Morgan fingerprint density at radius 3 is 1.91 bits per heavy atom. The molecule has 1 aliphatic heterocycles. The van der Waals surface area contributed by atoms with E-state index in [9.17, 15) is 4.79 Å². The number of carbonyl (C=O) groups is 1. The van der Waals surface area contributed by atoms with Gasteiger partial charge in [-0.25, -0.2) is 0 Å². The molecule has 1 rings (SSSR count). The SMILES string of the molecule is CCCCCCCCCCCCCCC(=O)OC1CCN(C)C1. The van der Waals surface area contributed by atoms with Gasteiger partial charge in [-0.05, 0) is 19.9 Å². The minimum Gasteiger partial charge on any atom is -0.461 e. The predicted molar refractivity (Wildman–Crippen MR) is 97.7 cm³/mol. The van der Waals surface area contributed by atoms with Crippen molar-refractivity contribution in [3.63, 3.8) is 0 Å². The molecule has 0 aliphatic carbocycles. The molecule has 0 spiro atoms. The molecule has 23 heavy (non-hydrogen) atoms. The standard InChI is InChI=1S/C20H39NO2/c1-3-4-5-6-7-8-9-10-11-12-13-14-15-20(22)23-19-16-17-21(2)18-19/h19H,3-18H2,1-2H3. The van der Waals surface area contributed by atoms with E-state index in [4.69, 9.17) is 4.74 Å². The first-order chi connectivity index (χ1) is 11.2. The molecule has 0 N–H and O–H groups in total. The molecule has 0 aromatic rings. The Balaban J connectivity index is 1.78. The van der Waals surface area contributed by atoms with Crippen molar-refractivity contribution in [2.75, 3.05) is 20.1 Å². The van der Waals surface area contributed by atoms with Crippen LogP contribution in [-0.4, -0.2) is 37.1 Å². The van der Waals surface area contributed by atoms with Crippen molar-refractivity contribution in [3.05, 3.63) is 0 Å². The molecular weight excluding hydrogens is 286 g/mol. The fourth-order valence-corrected chi connectivity index (χ4v) is 3.35. The molecule has 0 amide bonds. The molecule has 0 bridgehead atoms. The number of carbonyl (C=O) groups excluding carboxylic acids is 1. The summed E-state index contributed by atoms with van der Waals surface area (Å²) in [6.07, 6.45) is 17.7. The average molecular weight is 326 g/mol. The van der Waals surface area contributed by atoms with E-state index in [2.05, 4.69) is 18.9 Å². The molecule has 3 heteroatoms. The number of esters is 1. The van der Waals surface area contributed by atoms with E-state index in [-0.39, 0.29) is 12.1 Å². The topological polar surface area (TPSA) is 29.5 Å². The van der Waals surface area contributed by atoms with E-state index in [0.29, 0.717) is 6.42 Å². The van der Waals surface area contributed by atoms with E-state index in [1.165, 1.54) is 70.6 Å². The highest BCUT2D eigenvalue weighted by Crippen LogP contribution is 2.14. The van der Waals surface area contributed by atoms with Crippen molar-refractivity contribution < 1.29 is 9.53 Å².